The summed E-state index contributed by atoms with van der Waals surface area (Å²) in [6.45, 7) is 6.56. The zero-order valence-corrected chi connectivity index (χ0v) is 13.2. The molecule has 0 aromatic heterocycles. The van der Waals surface area contributed by atoms with Gasteiger partial charge in [0.2, 0.25) is 0 Å². The first-order chi connectivity index (χ1) is 10.2. The van der Waals surface area contributed by atoms with Crippen LogP contribution in [-0.4, -0.2) is 40.0 Å². The van der Waals surface area contributed by atoms with Crippen LogP contribution in [0.5, 0.6) is 0 Å². The van der Waals surface area contributed by atoms with Crippen molar-refractivity contribution in [2.75, 3.05) is 13.1 Å². The lowest BCUT2D eigenvalue weighted by atomic mass is 9.85. The molecule has 1 fully saturated rings. The van der Waals surface area contributed by atoms with E-state index in [1.165, 1.54) is 6.07 Å². The van der Waals surface area contributed by atoms with Crippen molar-refractivity contribution < 1.29 is 14.8 Å². The van der Waals surface area contributed by atoms with E-state index in [9.17, 15) is 20.0 Å². The van der Waals surface area contributed by atoms with Gasteiger partial charge in [0, 0.05) is 30.3 Å². The number of carbonyl (C=O) groups is 1. The lowest BCUT2D eigenvalue weighted by molar-refractivity contribution is -0.386. The number of β-amino-alcohol motifs (C(OH)–C–C–N with tert-alkyl or cyclic N) is 1. The largest absolute Gasteiger partial charge is 0.391 e. The molecule has 1 amide bonds. The number of amides is 1. The second kappa shape index (κ2) is 6.04. The minimum atomic E-state index is -0.512. The van der Waals surface area contributed by atoms with E-state index >= 15 is 0 Å². The summed E-state index contributed by atoms with van der Waals surface area (Å²) < 4.78 is 0. The fourth-order valence-electron chi connectivity index (χ4n) is 2.77. The zero-order valence-electron chi connectivity index (χ0n) is 13.2. The monoisotopic (exact) mass is 306 g/mol. The van der Waals surface area contributed by atoms with Crippen molar-refractivity contribution in [1.82, 2.24) is 4.90 Å². The average Bonchev–Trinajstić information content (AvgIpc) is 2.44. The molecule has 1 heterocycles. The molecule has 0 spiro atoms. The van der Waals surface area contributed by atoms with Crippen molar-refractivity contribution in [3.63, 3.8) is 0 Å². The van der Waals surface area contributed by atoms with Crippen LogP contribution >= 0.6 is 0 Å². The van der Waals surface area contributed by atoms with E-state index < -0.39 is 11.0 Å². The number of nitro groups is 1. The molecule has 6 nitrogen and oxygen atoms in total. The van der Waals surface area contributed by atoms with E-state index in [-0.39, 0.29) is 23.6 Å². The van der Waals surface area contributed by atoms with Gasteiger partial charge in [-0.15, -0.1) is 0 Å². The third-order valence-corrected chi connectivity index (χ3v) is 3.93. The van der Waals surface area contributed by atoms with Crippen molar-refractivity contribution in [3.8, 4) is 0 Å². The summed E-state index contributed by atoms with van der Waals surface area (Å²) in [6, 6.07) is 4.65. The predicted molar refractivity (Wildman–Crippen MR) is 82.9 cm³/mol. The summed E-state index contributed by atoms with van der Waals surface area (Å²) in [5, 5.41) is 21.0. The number of nitro benzene ring substituents is 1. The van der Waals surface area contributed by atoms with Gasteiger partial charge in [-0.2, -0.15) is 0 Å². The van der Waals surface area contributed by atoms with Crippen LogP contribution in [-0.2, 0) is 5.41 Å². The number of hydrogen-bond donors (Lipinski definition) is 1. The van der Waals surface area contributed by atoms with Crippen LogP contribution in [0.15, 0.2) is 18.2 Å². The number of nitrogens with zero attached hydrogens (tertiary/aromatic N) is 2. The highest BCUT2D eigenvalue weighted by Gasteiger charge is 2.28. The third kappa shape index (κ3) is 3.44. The van der Waals surface area contributed by atoms with Crippen molar-refractivity contribution >= 4 is 11.6 Å². The third-order valence-electron chi connectivity index (χ3n) is 3.93. The molecular weight excluding hydrogens is 284 g/mol. The lowest BCUT2D eigenvalue weighted by Gasteiger charge is -2.30. The fraction of sp³-hybridized carbons (Fsp3) is 0.562. The van der Waals surface area contributed by atoms with Gasteiger partial charge in [-0.05, 0) is 24.3 Å². The van der Waals surface area contributed by atoms with Gasteiger partial charge in [0.15, 0.2) is 0 Å². The van der Waals surface area contributed by atoms with Crippen LogP contribution in [0.3, 0.4) is 0 Å². The summed E-state index contributed by atoms with van der Waals surface area (Å²) in [7, 11) is 0. The maximum absolute atomic E-state index is 12.5. The minimum Gasteiger partial charge on any atom is -0.391 e. The van der Waals surface area contributed by atoms with Gasteiger partial charge in [0.05, 0.1) is 11.0 Å². The molecule has 1 unspecified atom stereocenters. The quantitative estimate of drug-likeness (QED) is 0.672. The Morgan fingerprint density at radius 2 is 2.09 bits per heavy atom. The predicted octanol–water partition coefficient (Wildman–Crippen LogP) is 2.49. The van der Waals surface area contributed by atoms with Gasteiger partial charge < -0.3 is 10.0 Å². The molecule has 0 aliphatic carbocycles. The normalized spacial score (nSPS) is 19.1. The molecule has 6 heteroatoms. The van der Waals surface area contributed by atoms with Crippen molar-refractivity contribution in [2.24, 2.45) is 0 Å². The number of carbonyl (C=O) groups excluding carboxylic acids is 1. The standard InChI is InChI=1S/C16H22N2O4/c1-16(2,3)13-7-6-11(9-14(13)18(21)22)15(20)17-8-4-5-12(19)10-17/h6-7,9,12,19H,4-5,8,10H2,1-3H3. The van der Waals surface area contributed by atoms with E-state index in [1.54, 1.807) is 17.0 Å². The number of aliphatic hydroxyl groups excluding tert-OH is 1. The maximum atomic E-state index is 12.5. The summed E-state index contributed by atoms with van der Waals surface area (Å²) in [5.41, 5.74) is 0.503. The Kier molecular flexibility index (Phi) is 4.51. The Morgan fingerprint density at radius 3 is 2.64 bits per heavy atom. The number of rotatable bonds is 2. The molecular formula is C16H22N2O4. The topological polar surface area (TPSA) is 83.7 Å². The summed E-state index contributed by atoms with van der Waals surface area (Å²) in [4.78, 5) is 24.9. The highest BCUT2D eigenvalue weighted by Crippen LogP contribution is 2.32. The molecule has 1 N–H and O–H groups in total. The molecule has 1 atom stereocenters. The van der Waals surface area contributed by atoms with Crippen LogP contribution < -0.4 is 0 Å². The first-order valence-corrected chi connectivity index (χ1v) is 7.46. The summed E-state index contributed by atoms with van der Waals surface area (Å²) in [5.74, 6) is -0.262. The average molecular weight is 306 g/mol. The van der Waals surface area contributed by atoms with Gasteiger partial charge in [0.1, 0.15) is 0 Å². The Hall–Kier alpha value is -1.95. The number of benzene rings is 1. The molecule has 0 bridgehead atoms. The van der Waals surface area contributed by atoms with Crippen molar-refractivity contribution in [3.05, 3.63) is 39.4 Å². The molecule has 0 radical (unpaired) electrons. The molecule has 22 heavy (non-hydrogen) atoms. The summed E-state index contributed by atoms with van der Waals surface area (Å²) in [6.07, 6.45) is 0.920. The molecule has 0 saturated carbocycles. The van der Waals surface area contributed by atoms with Gasteiger partial charge in [0.25, 0.3) is 11.6 Å². The molecule has 2 rings (SSSR count). The Labute approximate surface area is 129 Å². The van der Waals surface area contributed by atoms with Gasteiger partial charge >= 0.3 is 0 Å². The van der Waals surface area contributed by atoms with Gasteiger partial charge in [-0.1, -0.05) is 26.8 Å². The van der Waals surface area contributed by atoms with E-state index in [0.29, 0.717) is 24.1 Å². The molecule has 1 aliphatic rings. The Bertz CT molecular complexity index is 592. The van der Waals surface area contributed by atoms with Crippen LogP contribution in [0.4, 0.5) is 5.69 Å². The van der Waals surface area contributed by atoms with Gasteiger partial charge in [-0.3, -0.25) is 14.9 Å². The van der Waals surface area contributed by atoms with E-state index in [2.05, 4.69) is 0 Å². The van der Waals surface area contributed by atoms with Crippen molar-refractivity contribution in [1.29, 1.82) is 0 Å². The lowest BCUT2D eigenvalue weighted by Crippen LogP contribution is -2.42. The second-order valence-electron chi connectivity index (χ2n) is 6.79. The number of piperidine rings is 1. The van der Waals surface area contributed by atoms with Gasteiger partial charge in [-0.25, -0.2) is 0 Å². The minimum absolute atomic E-state index is 0.0316. The smallest absolute Gasteiger partial charge is 0.273 e. The Morgan fingerprint density at radius 1 is 1.41 bits per heavy atom. The molecule has 120 valence electrons. The first kappa shape index (κ1) is 16.4. The van der Waals surface area contributed by atoms with E-state index in [1.807, 2.05) is 20.8 Å². The van der Waals surface area contributed by atoms with Crippen LogP contribution in [0.1, 0.15) is 49.5 Å². The van der Waals surface area contributed by atoms with Crippen LogP contribution in [0.25, 0.3) is 0 Å². The van der Waals surface area contributed by atoms with E-state index in [0.717, 1.165) is 6.42 Å². The molecule has 1 aliphatic heterocycles. The van der Waals surface area contributed by atoms with Crippen molar-refractivity contribution in [2.45, 2.75) is 45.1 Å². The zero-order chi connectivity index (χ0) is 16.5. The van der Waals surface area contributed by atoms with E-state index in [4.69, 9.17) is 0 Å². The van der Waals surface area contributed by atoms with Crippen LogP contribution in [0.2, 0.25) is 0 Å². The SMILES string of the molecule is CC(C)(C)c1ccc(C(=O)N2CCCC(O)C2)cc1[N+](=O)[O-]. The Balaban J connectivity index is 2.34. The molecule has 1 saturated heterocycles. The van der Waals surface area contributed by atoms with Crippen LogP contribution in [0, 0.1) is 10.1 Å². The number of hydrogen-bond acceptors (Lipinski definition) is 4. The fourth-order valence-corrected chi connectivity index (χ4v) is 2.77. The summed E-state index contributed by atoms with van der Waals surface area (Å²) >= 11 is 0. The maximum Gasteiger partial charge on any atom is 0.273 e. The molecule has 1 aromatic carbocycles. The highest BCUT2D eigenvalue weighted by atomic mass is 16.6. The number of aliphatic hydroxyl groups is 1. The highest BCUT2D eigenvalue weighted by molar-refractivity contribution is 5.95. The molecule has 1 aromatic rings. The first-order valence-electron chi connectivity index (χ1n) is 7.46. The number of likely N-dealkylation sites (tertiary alicyclic amines) is 1. The second-order valence-corrected chi connectivity index (χ2v) is 6.79.